The molecule has 7 nitrogen and oxygen atoms in total. The quantitative estimate of drug-likeness (QED) is 0.472. The molecule has 0 bridgehead atoms. The van der Waals surface area contributed by atoms with E-state index in [9.17, 15) is 20.0 Å². The number of carboxylic acid groups (broad SMARTS) is 1. The van der Waals surface area contributed by atoms with E-state index in [-0.39, 0.29) is 17.9 Å². The molecule has 1 atom stereocenters. The summed E-state index contributed by atoms with van der Waals surface area (Å²) in [4.78, 5) is 23.5. The van der Waals surface area contributed by atoms with Crippen molar-refractivity contribution in [3.8, 4) is 11.8 Å². The van der Waals surface area contributed by atoms with Gasteiger partial charge in [-0.3, -0.25) is 4.79 Å². The van der Waals surface area contributed by atoms with Crippen LogP contribution in [0.25, 0.3) is 0 Å². The highest BCUT2D eigenvalue weighted by molar-refractivity contribution is 6.31. The van der Waals surface area contributed by atoms with Crippen LogP contribution in [0.5, 0.6) is 5.75 Å². The molecular weight excluding hydrogens is 358 g/mol. The summed E-state index contributed by atoms with van der Waals surface area (Å²) in [7, 11) is 1.47. The summed E-state index contributed by atoms with van der Waals surface area (Å²) in [6, 6.07) is 4.02. The van der Waals surface area contributed by atoms with E-state index < -0.39 is 17.9 Å². The second kappa shape index (κ2) is 9.68. The summed E-state index contributed by atoms with van der Waals surface area (Å²) in [5.74, 6) is -1.40. The van der Waals surface area contributed by atoms with Gasteiger partial charge in [0.05, 0.1) is 12.8 Å². The predicted octanol–water partition coefficient (Wildman–Crippen LogP) is 3.09. The molecule has 1 aromatic rings. The first-order valence-electron chi connectivity index (χ1n) is 7.94. The van der Waals surface area contributed by atoms with Crippen molar-refractivity contribution in [3.63, 3.8) is 0 Å². The Morgan fingerprint density at radius 3 is 2.58 bits per heavy atom. The second-order valence-corrected chi connectivity index (χ2v) is 6.52. The van der Waals surface area contributed by atoms with Crippen molar-refractivity contribution in [1.29, 1.82) is 5.26 Å². The van der Waals surface area contributed by atoms with Crippen molar-refractivity contribution >= 4 is 29.2 Å². The van der Waals surface area contributed by atoms with Crippen LogP contribution in [0, 0.1) is 24.2 Å². The molecule has 0 radical (unpaired) electrons. The van der Waals surface area contributed by atoms with Gasteiger partial charge in [0.25, 0.3) is 5.91 Å². The zero-order chi connectivity index (χ0) is 19.9. The van der Waals surface area contributed by atoms with Crippen molar-refractivity contribution < 1.29 is 19.4 Å². The summed E-state index contributed by atoms with van der Waals surface area (Å²) >= 11 is 6.04. The number of hydrogen-bond acceptors (Lipinski definition) is 5. The van der Waals surface area contributed by atoms with Crippen molar-refractivity contribution in [2.45, 2.75) is 33.2 Å². The lowest BCUT2D eigenvalue weighted by Gasteiger charge is -2.16. The van der Waals surface area contributed by atoms with E-state index in [0.29, 0.717) is 16.5 Å². The molecular formula is C18H22ClN3O4. The molecule has 140 valence electrons. The lowest BCUT2D eigenvalue weighted by molar-refractivity contribution is -0.141. The Morgan fingerprint density at radius 1 is 1.42 bits per heavy atom. The molecule has 0 spiro atoms. The lowest BCUT2D eigenvalue weighted by atomic mass is 10.0. The van der Waals surface area contributed by atoms with Gasteiger partial charge in [-0.1, -0.05) is 25.4 Å². The molecule has 26 heavy (non-hydrogen) atoms. The molecule has 0 aliphatic carbocycles. The van der Waals surface area contributed by atoms with Crippen LogP contribution in [0.1, 0.15) is 25.8 Å². The minimum atomic E-state index is -1.15. The number of halogens is 1. The van der Waals surface area contributed by atoms with Crippen LogP contribution in [0.15, 0.2) is 23.9 Å². The van der Waals surface area contributed by atoms with Gasteiger partial charge in [0.1, 0.15) is 23.4 Å². The van der Waals surface area contributed by atoms with Crippen LogP contribution in [-0.2, 0) is 9.59 Å². The molecule has 0 heterocycles. The van der Waals surface area contributed by atoms with Gasteiger partial charge in [0.2, 0.25) is 0 Å². The highest BCUT2D eigenvalue weighted by Gasteiger charge is 2.22. The van der Waals surface area contributed by atoms with Gasteiger partial charge in [0.15, 0.2) is 0 Å². The van der Waals surface area contributed by atoms with Crippen LogP contribution in [0.3, 0.4) is 0 Å². The molecule has 0 saturated carbocycles. The Hall–Kier alpha value is -2.72. The number of ether oxygens (including phenoxy) is 1. The molecule has 0 aliphatic rings. The van der Waals surface area contributed by atoms with Gasteiger partial charge in [-0.25, -0.2) is 4.79 Å². The fourth-order valence-electron chi connectivity index (χ4n) is 2.17. The van der Waals surface area contributed by atoms with Crippen LogP contribution in [-0.4, -0.2) is 30.1 Å². The first kappa shape index (κ1) is 21.3. The van der Waals surface area contributed by atoms with Gasteiger partial charge in [-0.2, -0.15) is 5.26 Å². The van der Waals surface area contributed by atoms with E-state index in [4.69, 9.17) is 16.3 Å². The number of aryl methyl sites for hydroxylation is 1. The molecule has 1 unspecified atom stereocenters. The fraction of sp³-hybridized carbons (Fsp3) is 0.389. The van der Waals surface area contributed by atoms with Crippen LogP contribution in [0.4, 0.5) is 5.69 Å². The number of nitrogens with one attached hydrogen (secondary N) is 2. The largest absolute Gasteiger partial charge is 0.495 e. The minimum absolute atomic E-state index is 0.0744. The van der Waals surface area contributed by atoms with Gasteiger partial charge in [-0.05, 0) is 30.9 Å². The number of carboxylic acids is 1. The Labute approximate surface area is 157 Å². The molecule has 0 aliphatic heterocycles. The third-order valence-electron chi connectivity index (χ3n) is 3.53. The molecule has 8 heteroatoms. The number of amides is 1. The summed E-state index contributed by atoms with van der Waals surface area (Å²) in [5.41, 5.74) is 1.05. The fourth-order valence-corrected chi connectivity index (χ4v) is 2.33. The summed E-state index contributed by atoms with van der Waals surface area (Å²) in [5, 5.41) is 24.1. The van der Waals surface area contributed by atoms with Gasteiger partial charge >= 0.3 is 5.97 Å². The zero-order valence-corrected chi connectivity index (χ0v) is 15.8. The summed E-state index contributed by atoms with van der Waals surface area (Å²) in [6.45, 7) is 5.50. The smallest absolute Gasteiger partial charge is 0.326 e. The maximum absolute atomic E-state index is 12.2. The number of rotatable bonds is 8. The number of carbonyl (C=O) groups excluding carboxylic acids is 1. The van der Waals surface area contributed by atoms with E-state index in [2.05, 4.69) is 10.6 Å². The van der Waals surface area contributed by atoms with Crippen molar-refractivity contribution in [3.05, 3.63) is 34.5 Å². The normalized spacial score (nSPS) is 12.3. The number of methoxy groups -OCH3 is 1. The first-order valence-corrected chi connectivity index (χ1v) is 8.32. The summed E-state index contributed by atoms with van der Waals surface area (Å²) in [6.07, 6.45) is 1.46. The molecule has 3 N–H and O–H groups in total. The monoisotopic (exact) mass is 379 g/mol. The van der Waals surface area contributed by atoms with Crippen LogP contribution >= 0.6 is 11.6 Å². The van der Waals surface area contributed by atoms with Crippen LogP contribution < -0.4 is 15.4 Å². The zero-order valence-electron chi connectivity index (χ0n) is 15.1. The second-order valence-electron chi connectivity index (χ2n) is 6.11. The molecule has 0 fully saturated rings. The molecule has 1 amide bonds. The van der Waals surface area contributed by atoms with Crippen LogP contribution in [0.2, 0.25) is 5.02 Å². The average molecular weight is 380 g/mol. The number of hydrogen-bond donors (Lipinski definition) is 3. The van der Waals surface area contributed by atoms with Gasteiger partial charge in [-0.15, -0.1) is 0 Å². The molecule has 1 aromatic carbocycles. The maximum Gasteiger partial charge on any atom is 0.326 e. The number of benzene rings is 1. The standard InChI is InChI=1S/C18H22ClN3O4/c1-10(2)5-15(18(24)25)22-17(23)12(8-20)9-21-14-6-11(3)13(19)7-16(14)26-4/h6-7,9-10,15,21H,5H2,1-4H3,(H,22,23)(H,24,25)/b12-9-. The van der Waals surface area contributed by atoms with Gasteiger partial charge in [0, 0.05) is 17.3 Å². The van der Waals surface area contributed by atoms with E-state index in [1.807, 2.05) is 13.8 Å². The van der Waals surface area contributed by atoms with E-state index >= 15 is 0 Å². The number of nitrogens with zero attached hydrogens (tertiary/aromatic N) is 1. The molecule has 1 rings (SSSR count). The average Bonchev–Trinajstić information content (AvgIpc) is 2.57. The van der Waals surface area contributed by atoms with Gasteiger partial charge < -0.3 is 20.5 Å². The lowest BCUT2D eigenvalue weighted by Crippen LogP contribution is -2.42. The number of nitriles is 1. The Balaban J connectivity index is 2.98. The Bertz CT molecular complexity index is 754. The minimum Gasteiger partial charge on any atom is -0.495 e. The van der Waals surface area contributed by atoms with Crippen molar-refractivity contribution in [1.82, 2.24) is 5.32 Å². The van der Waals surface area contributed by atoms with Crippen molar-refractivity contribution in [2.75, 3.05) is 12.4 Å². The third-order valence-corrected chi connectivity index (χ3v) is 3.94. The Kier molecular flexibility index (Phi) is 7.94. The van der Waals surface area contributed by atoms with Crippen molar-refractivity contribution in [2.24, 2.45) is 5.92 Å². The first-order chi connectivity index (χ1) is 12.2. The number of carbonyl (C=O) groups is 2. The highest BCUT2D eigenvalue weighted by Crippen LogP contribution is 2.31. The Morgan fingerprint density at radius 2 is 2.08 bits per heavy atom. The van der Waals surface area contributed by atoms with E-state index in [1.165, 1.54) is 13.3 Å². The predicted molar refractivity (Wildman–Crippen MR) is 99.1 cm³/mol. The molecule has 0 saturated heterocycles. The third kappa shape index (κ3) is 5.97. The molecule has 0 aromatic heterocycles. The SMILES string of the molecule is COc1cc(Cl)c(C)cc1N/C=C(/C#N)C(=O)NC(CC(C)C)C(=O)O. The highest BCUT2D eigenvalue weighted by atomic mass is 35.5. The van der Waals surface area contributed by atoms with E-state index in [1.54, 1.807) is 25.1 Å². The summed E-state index contributed by atoms with van der Waals surface area (Å²) < 4.78 is 5.21. The van der Waals surface area contributed by atoms with E-state index in [0.717, 1.165) is 5.56 Å². The topological polar surface area (TPSA) is 111 Å². The maximum atomic E-state index is 12.2. The number of anilines is 1. The number of aliphatic carboxylic acids is 1.